The molecule has 0 saturated carbocycles. The average molecular weight is 260 g/mol. The van der Waals surface area contributed by atoms with Crippen molar-refractivity contribution in [3.8, 4) is 5.75 Å². The van der Waals surface area contributed by atoms with Crippen LogP contribution < -0.4 is 4.74 Å². The quantitative estimate of drug-likeness (QED) is 0.916. The third-order valence-electron chi connectivity index (χ3n) is 2.81. The fourth-order valence-electron chi connectivity index (χ4n) is 1.71. The molecule has 0 heterocycles. The van der Waals surface area contributed by atoms with Gasteiger partial charge < -0.3 is 9.84 Å². The van der Waals surface area contributed by atoms with Crippen LogP contribution >= 0.6 is 0 Å². The number of aromatic carboxylic acids is 1. The first-order valence-electron chi connectivity index (χ1n) is 5.78. The Hall–Kier alpha value is -2.36. The SMILES string of the molecule is Cc1cc(C(=O)O)ccc1COc1ccccc1F. The summed E-state index contributed by atoms with van der Waals surface area (Å²) < 4.78 is 18.7. The zero-order chi connectivity index (χ0) is 13.8. The van der Waals surface area contributed by atoms with Crippen molar-refractivity contribution >= 4 is 5.97 Å². The minimum Gasteiger partial charge on any atom is -0.486 e. The number of ether oxygens (including phenoxy) is 1. The van der Waals surface area contributed by atoms with Gasteiger partial charge in [-0.25, -0.2) is 9.18 Å². The van der Waals surface area contributed by atoms with Crippen LogP contribution in [0.4, 0.5) is 4.39 Å². The zero-order valence-electron chi connectivity index (χ0n) is 10.4. The maximum absolute atomic E-state index is 13.4. The molecule has 19 heavy (non-hydrogen) atoms. The summed E-state index contributed by atoms with van der Waals surface area (Å²) in [5.41, 5.74) is 1.86. The van der Waals surface area contributed by atoms with E-state index in [4.69, 9.17) is 9.84 Å². The van der Waals surface area contributed by atoms with Crippen LogP contribution in [-0.2, 0) is 6.61 Å². The molecule has 0 amide bonds. The molecule has 1 N–H and O–H groups in total. The van der Waals surface area contributed by atoms with Crippen LogP contribution in [-0.4, -0.2) is 11.1 Å². The molecule has 0 radical (unpaired) electrons. The fraction of sp³-hybridized carbons (Fsp3) is 0.133. The summed E-state index contributed by atoms with van der Waals surface area (Å²) in [6, 6.07) is 10.9. The number of carboxylic acid groups (broad SMARTS) is 1. The Bertz CT molecular complexity index is 608. The van der Waals surface area contributed by atoms with Crippen molar-refractivity contribution in [3.63, 3.8) is 0 Å². The topological polar surface area (TPSA) is 46.5 Å². The van der Waals surface area contributed by atoms with E-state index in [2.05, 4.69) is 0 Å². The third-order valence-corrected chi connectivity index (χ3v) is 2.81. The number of carbonyl (C=O) groups is 1. The summed E-state index contributed by atoms with van der Waals surface area (Å²) >= 11 is 0. The van der Waals surface area contributed by atoms with Crippen LogP contribution in [0.25, 0.3) is 0 Å². The smallest absolute Gasteiger partial charge is 0.335 e. The van der Waals surface area contributed by atoms with Gasteiger partial charge in [0, 0.05) is 0 Å². The second-order valence-corrected chi connectivity index (χ2v) is 4.17. The van der Waals surface area contributed by atoms with Gasteiger partial charge in [0.15, 0.2) is 11.6 Å². The van der Waals surface area contributed by atoms with Gasteiger partial charge in [-0.3, -0.25) is 0 Å². The summed E-state index contributed by atoms with van der Waals surface area (Å²) in [6.45, 7) is 2.00. The van der Waals surface area contributed by atoms with E-state index in [0.29, 0.717) is 0 Å². The molecular weight excluding hydrogens is 247 g/mol. The maximum atomic E-state index is 13.4. The zero-order valence-corrected chi connectivity index (χ0v) is 10.4. The molecule has 0 aliphatic carbocycles. The van der Waals surface area contributed by atoms with E-state index in [-0.39, 0.29) is 17.9 Å². The molecule has 0 atom stereocenters. The van der Waals surface area contributed by atoms with Gasteiger partial charge in [-0.2, -0.15) is 0 Å². The Morgan fingerprint density at radius 2 is 2.00 bits per heavy atom. The molecule has 0 aromatic heterocycles. The standard InChI is InChI=1S/C15H13FO3/c1-10-8-11(15(17)18)6-7-12(10)9-19-14-5-3-2-4-13(14)16/h2-8H,9H2,1H3,(H,17,18). The van der Waals surface area contributed by atoms with Crippen LogP contribution in [0, 0.1) is 12.7 Å². The average Bonchev–Trinajstić information content (AvgIpc) is 2.39. The van der Waals surface area contributed by atoms with Crippen molar-refractivity contribution in [1.29, 1.82) is 0 Å². The van der Waals surface area contributed by atoms with Crippen LogP contribution in [0.5, 0.6) is 5.75 Å². The van der Waals surface area contributed by atoms with Crippen LogP contribution in [0.2, 0.25) is 0 Å². The van der Waals surface area contributed by atoms with Crippen molar-refractivity contribution in [2.75, 3.05) is 0 Å². The number of carboxylic acids is 1. The van der Waals surface area contributed by atoms with Gasteiger partial charge in [0.25, 0.3) is 0 Å². The number of hydrogen-bond acceptors (Lipinski definition) is 2. The van der Waals surface area contributed by atoms with Gasteiger partial charge in [0.2, 0.25) is 0 Å². The first-order valence-corrected chi connectivity index (χ1v) is 5.78. The number of benzene rings is 2. The summed E-state index contributed by atoms with van der Waals surface area (Å²) in [7, 11) is 0. The number of hydrogen-bond donors (Lipinski definition) is 1. The minimum absolute atomic E-state index is 0.184. The first-order chi connectivity index (χ1) is 9.08. The molecular formula is C15H13FO3. The molecule has 4 heteroatoms. The highest BCUT2D eigenvalue weighted by molar-refractivity contribution is 5.87. The lowest BCUT2D eigenvalue weighted by Crippen LogP contribution is -2.02. The highest BCUT2D eigenvalue weighted by atomic mass is 19.1. The van der Waals surface area contributed by atoms with Gasteiger partial charge in [-0.05, 0) is 42.3 Å². The largest absolute Gasteiger partial charge is 0.486 e. The van der Waals surface area contributed by atoms with Gasteiger partial charge in [-0.1, -0.05) is 18.2 Å². The van der Waals surface area contributed by atoms with Crippen molar-refractivity contribution in [1.82, 2.24) is 0 Å². The summed E-state index contributed by atoms with van der Waals surface area (Å²) in [5, 5.41) is 8.86. The van der Waals surface area contributed by atoms with Gasteiger partial charge in [-0.15, -0.1) is 0 Å². The second kappa shape index (κ2) is 5.52. The monoisotopic (exact) mass is 260 g/mol. The molecule has 0 aliphatic heterocycles. The van der Waals surface area contributed by atoms with E-state index in [1.165, 1.54) is 12.1 Å². The summed E-state index contributed by atoms with van der Waals surface area (Å²) in [6.07, 6.45) is 0. The van der Waals surface area contributed by atoms with E-state index in [0.717, 1.165) is 11.1 Å². The minimum atomic E-state index is -0.968. The van der Waals surface area contributed by atoms with E-state index < -0.39 is 11.8 Å². The molecule has 98 valence electrons. The highest BCUT2D eigenvalue weighted by Crippen LogP contribution is 2.19. The molecule has 2 aromatic rings. The van der Waals surface area contributed by atoms with Crippen LogP contribution in [0.1, 0.15) is 21.5 Å². The lowest BCUT2D eigenvalue weighted by Gasteiger charge is -2.10. The Kier molecular flexibility index (Phi) is 3.80. The number of rotatable bonds is 4. The molecule has 0 aliphatic rings. The maximum Gasteiger partial charge on any atom is 0.335 e. The summed E-state index contributed by atoms with van der Waals surface area (Å²) in [5.74, 6) is -1.20. The van der Waals surface area contributed by atoms with Gasteiger partial charge in [0.1, 0.15) is 6.61 Å². The number of halogens is 1. The predicted molar refractivity (Wildman–Crippen MR) is 68.9 cm³/mol. The van der Waals surface area contributed by atoms with Crippen molar-refractivity contribution in [2.24, 2.45) is 0 Å². The molecule has 0 fully saturated rings. The molecule has 3 nitrogen and oxygen atoms in total. The van der Waals surface area contributed by atoms with E-state index in [1.54, 1.807) is 37.3 Å². The molecule has 2 aromatic carbocycles. The van der Waals surface area contributed by atoms with E-state index >= 15 is 0 Å². The molecule has 2 rings (SSSR count). The Morgan fingerprint density at radius 3 is 2.63 bits per heavy atom. The first kappa shape index (κ1) is 13.1. The Morgan fingerprint density at radius 1 is 1.26 bits per heavy atom. The lowest BCUT2D eigenvalue weighted by atomic mass is 10.1. The molecule has 0 spiro atoms. The van der Waals surface area contributed by atoms with Crippen LogP contribution in [0.15, 0.2) is 42.5 Å². The predicted octanol–water partition coefficient (Wildman–Crippen LogP) is 3.41. The molecule has 0 bridgehead atoms. The van der Waals surface area contributed by atoms with E-state index in [1.807, 2.05) is 0 Å². The van der Waals surface area contributed by atoms with Gasteiger partial charge >= 0.3 is 5.97 Å². The van der Waals surface area contributed by atoms with E-state index in [9.17, 15) is 9.18 Å². The fourth-order valence-corrected chi connectivity index (χ4v) is 1.71. The third kappa shape index (κ3) is 3.10. The Labute approximate surface area is 110 Å². The Balaban J connectivity index is 2.12. The van der Waals surface area contributed by atoms with Crippen molar-refractivity contribution in [2.45, 2.75) is 13.5 Å². The molecule has 0 saturated heterocycles. The van der Waals surface area contributed by atoms with Crippen molar-refractivity contribution < 1.29 is 19.0 Å². The molecule has 0 unspecified atom stereocenters. The number of para-hydroxylation sites is 1. The van der Waals surface area contributed by atoms with Crippen LogP contribution in [0.3, 0.4) is 0 Å². The second-order valence-electron chi connectivity index (χ2n) is 4.17. The van der Waals surface area contributed by atoms with Gasteiger partial charge in [0.05, 0.1) is 5.56 Å². The normalized spacial score (nSPS) is 10.2. The lowest BCUT2D eigenvalue weighted by molar-refractivity contribution is 0.0696. The summed E-state index contributed by atoms with van der Waals surface area (Å²) in [4.78, 5) is 10.8. The number of aryl methyl sites for hydroxylation is 1. The highest BCUT2D eigenvalue weighted by Gasteiger charge is 2.07. The van der Waals surface area contributed by atoms with Crippen molar-refractivity contribution in [3.05, 3.63) is 65.0 Å².